The number of phenols is 1. The van der Waals surface area contributed by atoms with Gasteiger partial charge in [-0.3, -0.25) is 25.4 Å². The quantitative estimate of drug-likeness (QED) is 0.628. The summed E-state index contributed by atoms with van der Waals surface area (Å²) < 4.78 is 0. The number of hydrogen-bond acceptors (Lipinski definition) is 4. The first-order valence-corrected chi connectivity index (χ1v) is 7.72. The van der Waals surface area contributed by atoms with Crippen LogP contribution < -0.4 is 10.9 Å². The van der Waals surface area contributed by atoms with Crippen molar-refractivity contribution in [3.05, 3.63) is 70.9 Å². The van der Waals surface area contributed by atoms with Gasteiger partial charge in [-0.1, -0.05) is 23.8 Å². The van der Waals surface area contributed by atoms with Crippen LogP contribution in [0.2, 0.25) is 0 Å². The minimum absolute atomic E-state index is 0.0782. The van der Waals surface area contributed by atoms with Crippen LogP contribution in [0.4, 0.5) is 0 Å². The highest BCUT2D eigenvalue weighted by Gasteiger charge is 2.15. The molecule has 6 nitrogen and oxygen atoms in total. The largest absolute Gasteiger partial charge is 0.507 e. The molecule has 0 atom stereocenters. The van der Waals surface area contributed by atoms with Crippen molar-refractivity contribution in [3.63, 3.8) is 0 Å². The van der Waals surface area contributed by atoms with E-state index in [2.05, 4.69) is 15.8 Å². The van der Waals surface area contributed by atoms with Gasteiger partial charge in [0.1, 0.15) is 5.75 Å². The summed E-state index contributed by atoms with van der Waals surface area (Å²) in [5.74, 6) is -1.21. The summed E-state index contributed by atoms with van der Waals surface area (Å²) in [4.78, 5) is 29.0. The summed E-state index contributed by atoms with van der Waals surface area (Å²) in [6, 6.07) is 13.4. The van der Waals surface area contributed by atoms with E-state index >= 15 is 0 Å². The second-order valence-electron chi connectivity index (χ2n) is 5.76. The van der Waals surface area contributed by atoms with Crippen LogP contribution in [0.15, 0.2) is 48.5 Å². The van der Waals surface area contributed by atoms with E-state index in [1.165, 1.54) is 12.1 Å². The number of phenolic OH excluding ortho intramolecular Hbond substituents is 1. The van der Waals surface area contributed by atoms with Gasteiger partial charge in [-0.25, -0.2) is 0 Å². The molecular formula is C19H17N3O3. The number of para-hydroxylation sites is 1. The van der Waals surface area contributed by atoms with Crippen molar-refractivity contribution in [1.29, 1.82) is 0 Å². The lowest BCUT2D eigenvalue weighted by molar-refractivity contribution is 0.0846. The predicted octanol–water partition coefficient (Wildman–Crippen LogP) is 2.63. The zero-order valence-electron chi connectivity index (χ0n) is 13.8. The summed E-state index contributed by atoms with van der Waals surface area (Å²) in [5.41, 5.74) is 7.62. The number of amides is 2. The van der Waals surface area contributed by atoms with E-state index in [0.717, 1.165) is 5.56 Å². The van der Waals surface area contributed by atoms with Gasteiger partial charge < -0.3 is 5.11 Å². The van der Waals surface area contributed by atoms with Crippen molar-refractivity contribution < 1.29 is 14.7 Å². The highest BCUT2D eigenvalue weighted by atomic mass is 16.3. The molecular weight excluding hydrogens is 318 g/mol. The lowest BCUT2D eigenvalue weighted by Gasteiger charge is -2.11. The first-order valence-electron chi connectivity index (χ1n) is 7.72. The van der Waals surface area contributed by atoms with E-state index in [0.29, 0.717) is 22.2 Å². The molecule has 126 valence electrons. The molecule has 25 heavy (non-hydrogen) atoms. The van der Waals surface area contributed by atoms with E-state index in [4.69, 9.17) is 0 Å². The SMILES string of the molecule is Cc1ccc2nc(C)cc(C(=O)NNC(=O)c3ccccc3O)c2c1. The minimum atomic E-state index is -0.599. The molecule has 0 unspecified atom stereocenters. The van der Waals surface area contributed by atoms with Gasteiger partial charge in [-0.05, 0) is 44.2 Å². The maximum absolute atomic E-state index is 12.5. The van der Waals surface area contributed by atoms with Crippen LogP contribution in [0, 0.1) is 13.8 Å². The second-order valence-corrected chi connectivity index (χ2v) is 5.76. The van der Waals surface area contributed by atoms with Gasteiger partial charge >= 0.3 is 0 Å². The second kappa shape index (κ2) is 6.60. The molecule has 0 saturated carbocycles. The highest BCUT2D eigenvalue weighted by Crippen LogP contribution is 2.20. The van der Waals surface area contributed by atoms with Crippen LogP contribution in [0.5, 0.6) is 5.75 Å². The van der Waals surface area contributed by atoms with Gasteiger partial charge in [0.15, 0.2) is 0 Å². The molecule has 2 aromatic carbocycles. The Hall–Kier alpha value is -3.41. The minimum Gasteiger partial charge on any atom is -0.507 e. The van der Waals surface area contributed by atoms with Gasteiger partial charge in [0.05, 0.1) is 16.6 Å². The fraction of sp³-hybridized carbons (Fsp3) is 0.105. The van der Waals surface area contributed by atoms with E-state index in [9.17, 15) is 14.7 Å². The molecule has 0 fully saturated rings. The summed E-state index contributed by atoms with van der Waals surface area (Å²) in [6.07, 6.45) is 0. The zero-order chi connectivity index (χ0) is 18.0. The molecule has 0 saturated heterocycles. The maximum atomic E-state index is 12.5. The van der Waals surface area contributed by atoms with Gasteiger partial charge in [0, 0.05) is 11.1 Å². The third-order valence-electron chi connectivity index (χ3n) is 3.78. The van der Waals surface area contributed by atoms with Gasteiger partial charge in [0.2, 0.25) is 0 Å². The smallest absolute Gasteiger partial charge is 0.273 e. The lowest BCUT2D eigenvalue weighted by atomic mass is 10.0. The third-order valence-corrected chi connectivity index (χ3v) is 3.78. The molecule has 2 amide bonds. The van der Waals surface area contributed by atoms with Crippen LogP contribution in [0.25, 0.3) is 10.9 Å². The summed E-state index contributed by atoms with van der Waals surface area (Å²) in [7, 11) is 0. The number of hydrazine groups is 1. The van der Waals surface area contributed by atoms with Crippen molar-refractivity contribution in [2.24, 2.45) is 0 Å². The number of hydrogen-bond donors (Lipinski definition) is 3. The standard InChI is InChI=1S/C19H17N3O3/c1-11-7-8-16-14(9-11)15(10-12(2)20-16)19(25)22-21-18(24)13-5-3-4-6-17(13)23/h3-10,23H,1-2H3,(H,21,24)(H,22,25). The molecule has 3 aromatic rings. The molecule has 1 heterocycles. The Morgan fingerprint density at radius 3 is 2.32 bits per heavy atom. The van der Waals surface area contributed by atoms with Gasteiger partial charge in [0.25, 0.3) is 11.8 Å². The number of aromatic hydroxyl groups is 1. The monoisotopic (exact) mass is 335 g/mol. The number of carbonyl (C=O) groups is 2. The van der Waals surface area contributed by atoms with Crippen molar-refractivity contribution in [2.75, 3.05) is 0 Å². The summed E-state index contributed by atoms with van der Waals surface area (Å²) >= 11 is 0. The summed E-state index contributed by atoms with van der Waals surface area (Å²) in [6.45, 7) is 3.73. The van der Waals surface area contributed by atoms with Crippen LogP contribution >= 0.6 is 0 Å². The van der Waals surface area contributed by atoms with Crippen molar-refractivity contribution in [2.45, 2.75) is 13.8 Å². The Kier molecular flexibility index (Phi) is 4.35. The number of benzene rings is 2. The van der Waals surface area contributed by atoms with E-state index in [-0.39, 0.29) is 11.3 Å². The van der Waals surface area contributed by atoms with Crippen molar-refractivity contribution in [3.8, 4) is 5.75 Å². The predicted molar refractivity (Wildman–Crippen MR) is 94.3 cm³/mol. The molecule has 0 aliphatic heterocycles. The average molecular weight is 335 g/mol. The van der Waals surface area contributed by atoms with Gasteiger partial charge in [-0.2, -0.15) is 0 Å². The number of rotatable bonds is 2. The third kappa shape index (κ3) is 3.42. The van der Waals surface area contributed by atoms with Crippen molar-refractivity contribution >= 4 is 22.7 Å². The molecule has 0 bridgehead atoms. The number of aromatic nitrogens is 1. The molecule has 1 aromatic heterocycles. The number of nitrogens with zero attached hydrogens (tertiary/aromatic N) is 1. The molecule has 6 heteroatoms. The molecule has 3 rings (SSSR count). The topological polar surface area (TPSA) is 91.3 Å². The van der Waals surface area contributed by atoms with Crippen LogP contribution in [0.1, 0.15) is 32.0 Å². The molecule has 0 radical (unpaired) electrons. The number of nitrogens with one attached hydrogen (secondary N) is 2. The Bertz CT molecular complexity index is 983. The first kappa shape index (κ1) is 16.4. The summed E-state index contributed by atoms with van der Waals surface area (Å²) in [5, 5.41) is 10.4. The van der Waals surface area contributed by atoms with E-state index in [1.54, 1.807) is 25.1 Å². The first-order chi connectivity index (χ1) is 12.0. The Morgan fingerprint density at radius 1 is 0.920 bits per heavy atom. The molecule has 0 aliphatic rings. The molecule has 3 N–H and O–H groups in total. The van der Waals surface area contributed by atoms with Crippen LogP contribution in [0.3, 0.4) is 0 Å². The highest BCUT2D eigenvalue weighted by molar-refractivity contribution is 6.07. The molecule has 0 spiro atoms. The Balaban J connectivity index is 1.84. The number of fused-ring (bicyclic) bond motifs is 1. The maximum Gasteiger partial charge on any atom is 0.273 e. The van der Waals surface area contributed by atoms with Crippen molar-refractivity contribution in [1.82, 2.24) is 15.8 Å². The number of carbonyl (C=O) groups excluding carboxylic acids is 2. The average Bonchev–Trinajstić information content (AvgIpc) is 2.59. The number of aryl methyl sites for hydroxylation is 2. The van der Waals surface area contributed by atoms with Crippen LogP contribution in [-0.2, 0) is 0 Å². The lowest BCUT2D eigenvalue weighted by Crippen LogP contribution is -2.41. The molecule has 0 aliphatic carbocycles. The van der Waals surface area contributed by atoms with Crippen LogP contribution in [-0.4, -0.2) is 21.9 Å². The zero-order valence-corrected chi connectivity index (χ0v) is 13.8. The Morgan fingerprint density at radius 2 is 1.60 bits per heavy atom. The fourth-order valence-corrected chi connectivity index (χ4v) is 2.57. The Labute approximate surface area is 144 Å². The van der Waals surface area contributed by atoms with E-state index < -0.39 is 11.8 Å². The fourth-order valence-electron chi connectivity index (χ4n) is 2.57. The van der Waals surface area contributed by atoms with Gasteiger partial charge in [-0.15, -0.1) is 0 Å². The van der Waals surface area contributed by atoms with E-state index in [1.807, 2.05) is 25.1 Å². The number of pyridine rings is 1. The normalized spacial score (nSPS) is 10.5.